The van der Waals surface area contributed by atoms with Crippen LogP contribution in [0.1, 0.15) is 16.3 Å². The summed E-state index contributed by atoms with van der Waals surface area (Å²) in [6.45, 7) is 0.212. The Hall–Kier alpha value is -3.72. The Labute approximate surface area is 176 Å². The van der Waals surface area contributed by atoms with Crippen molar-refractivity contribution in [1.82, 2.24) is 25.5 Å². The maximum atomic E-state index is 12.5. The van der Waals surface area contributed by atoms with Gasteiger partial charge in [-0.3, -0.25) is 9.89 Å². The van der Waals surface area contributed by atoms with Gasteiger partial charge in [0, 0.05) is 10.9 Å². The van der Waals surface area contributed by atoms with Crippen molar-refractivity contribution >= 4 is 17.2 Å². The summed E-state index contributed by atoms with van der Waals surface area (Å²) >= 11 is 1.39. The van der Waals surface area contributed by atoms with Gasteiger partial charge < -0.3 is 14.8 Å². The standard InChI is InChI=1S/C21H19N5O3S/c1-28-14-9-7-13(8-10-14)19-24-18(25-26-19)11-22-20(27)16-12-30-21(23-16)15-5-3-4-6-17(15)29-2/h3-10,12H,11H2,1-2H3,(H,22,27)(H,24,25,26). The number of carbonyl (C=O) groups excluding carboxylic acids is 1. The first kappa shape index (κ1) is 19.6. The van der Waals surface area contributed by atoms with E-state index in [1.54, 1.807) is 19.6 Å². The molecule has 0 aliphatic rings. The molecule has 1 amide bonds. The van der Waals surface area contributed by atoms with Crippen molar-refractivity contribution in [3.63, 3.8) is 0 Å². The van der Waals surface area contributed by atoms with E-state index in [1.807, 2.05) is 48.5 Å². The molecular weight excluding hydrogens is 402 g/mol. The van der Waals surface area contributed by atoms with E-state index >= 15 is 0 Å². The molecule has 2 heterocycles. The third kappa shape index (κ3) is 4.15. The molecule has 152 valence electrons. The number of hydrogen-bond donors (Lipinski definition) is 2. The second-order valence-corrected chi connectivity index (χ2v) is 7.11. The van der Waals surface area contributed by atoms with E-state index < -0.39 is 0 Å². The van der Waals surface area contributed by atoms with Crippen LogP contribution in [0.4, 0.5) is 0 Å². The molecule has 8 nitrogen and oxygen atoms in total. The number of hydrogen-bond acceptors (Lipinski definition) is 7. The average Bonchev–Trinajstić information content (AvgIpc) is 3.47. The minimum Gasteiger partial charge on any atom is -0.497 e. The molecule has 0 atom stereocenters. The van der Waals surface area contributed by atoms with Crippen LogP contribution in [-0.2, 0) is 6.54 Å². The number of benzene rings is 2. The number of ether oxygens (including phenoxy) is 2. The second kappa shape index (κ2) is 8.75. The van der Waals surface area contributed by atoms with Gasteiger partial charge in [-0.25, -0.2) is 9.97 Å². The van der Waals surface area contributed by atoms with Crippen LogP contribution in [0.15, 0.2) is 53.9 Å². The zero-order chi connectivity index (χ0) is 20.9. The Morgan fingerprint density at radius 3 is 2.63 bits per heavy atom. The van der Waals surface area contributed by atoms with Gasteiger partial charge in [-0.05, 0) is 36.4 Å². The Kier molecular flexibility index (Phi) is 5.71. The van der Waals surface area contributed by atoms with Gasteiger partial charge in [-0.2, -0.15) is 5.10 Å². The molecule has 0 aliphatic heterocycles. The first-order valence-electron chi connectivity index (χ1n) is 9.10. The van der Waals surface area contributed by atoms with Crippen molar-refractivity contribution in [3.05, 3.63) is 65.4 Å². The number of nitrogens with one attached hydrogen (secondary N) is 2. The van der Waals surface area contributed by atoms with Crippen LogP contribution < -0.4 is 14.8 Å². The summed E-state index contributed by atoms with van der Waals surface area (Å²) in [6, 6.07) is 15.0. The zero-order valence-electron chi connectivity index (χ0n) is 16.4. The number of methoxy groups -OCH3 is 2. The molecule has 4 aromatic rings. The molecule has 0 radical (unpaired) electrons. The number of H-pyrrole nitrogens is 1. The Bertz CT molecular complexity index is 1150. The van der Waals surface area contributed by atoms with Crippen molar-refractivity contribution < 1.29 is 14.3 Å². The van der Waals surface area contributed by atoms with Gasteiger partial charge in [-0.1, -0.05) is 12.1 Å². The van der Waals surface area contributed by atoms with Crippen LogP contribution in [0.3, 0.4) is 0 Å². The van der Waals surface area contributed by atoms with E-state index in [4.69, 9.17) is 9.47 Å². The van der Waals surface area contributed by atoms with E-state index in [0.717, 1.165) is 21.9 Å². The van der Waals surface area contributed by atoms with E-state index in [2.05, 4.69) is 25.5 Å². The lowest BCUT2D eigenvalue weighted by molar-refractivity contribution is 0.0945. The molecule has 0 saturated carbocycles. The van der Waals surface area contributed by atoms with Gasteiger partial charge in [-0.15, -0.1) is 11.3 Å². The molecular formula is C21H19N5O3S. The van der Waals surface area contributed by atoms with Gasteiger partial charge >= 0.3 is 0 Å². The summed E-state index contributed by atoms with van der Waals surface area (Å²) in [5.41, 5.74) is 2.05. The minimum absolute atomic E-state index is 0.212. The number of para-hydroxylation sites is 1. The van der Waals surface area contributed by atoms with Crippen molar-refractivity contribution in [1.29, 1.82) is 0 Å². The van der Waals surface area contributed by atoms with Crippen LogP contribution in [-0.4, -0.2) is 40.3 Å². The fourth-order valence-electron chi connectivity index (χ4n) is 2.82. The minimum atomic E-state index is -0.283. The monoisotopic (exact) mass is 421 g/mol. The molecule has 0 aliphatic carbocycles. The van der Waals surface area contributed by atoms with Crippen molar-refractivity contribution in [2.24, 2.45) is 0 Å². The molecule has 0 unspecified atom stereocenters. The van der Waals surface area contributed by atoms with E-state index in [0.29, 0.717) is 23.1 Å². The summed E-state index contributed by atoms with van der Waals surface area (Å²) in [6.07, 6.45) is 0. The summed E-state index contributed by atoms with van der Waals surface area (Å²) in [5.74, 6) is 2.29. The number of carbonyl (C=O) groups is 1. The Balaban J connectivity index is 1.41. The lowest BCUT2D eigenvalue weighted by Gasteiger charge is -2.04. The summed E-state index contributed by atoms with van der Waals surface area (Å²) in [4.78, 5) is 21.3. The highest BCUT2D eigenvalue weighted by Crippen LogP contribution is 2.31. The highest BCUT2D eigenvalue weighted by molar-refractivity contribution is 7.13. The zero-order valence-corrected chi connectivity index (χ0v) is 17.2. The predicted octanol–water partition coefficient (Wildman–Crippen LogP) is 3.54. The molecule has 2 N–H and O–H groups in total. The quantitative estimate of drug-likeness (QED) is 0.473. The Morgan fingerprint density at radius 1 is 1.07 bits per heavy atom. The molecule has 9 heteroatoms. The van der Waals surface area contributed by atoms with E-state index in [9.17, 15) is 4.79 Å². The van der Waals surface area contributed by atoms with Crippen LogP contribution in [0.2, 0.25) is 0 Å². The normalized spacial score (nSPS) is 10.6. The van der Waals surface area contributed by atoms with E-state index in [-0.39, 0.29) is 12.5 Å². The fraction of sp³-hybridized carbons (Fsp3) is 0.143. The third-order valence-corrected chi connectivity index (χ3v) is 5.25. The van der Waals surface area contributed by atoms with Crippen molar-refractivity contribution in [2.75, 3.05) is 14.2 Å². The molecule has 0 saturated heterocycles. The van der Waals surface area contributed by atoms with Crippen LogP contribution in [0.25, 0.3) is 22.0 Å². The van der Waals surface area contributed by atoms with E-state index in [1.165, 1.54) is 11.3 Å². The molecule has 30 heavy (non-hydrogen) atoms. The number of thiazole rings is 1. The lowest BCUT2D eigenvalue weighted by atomic mass is 10.2. The van der Waals surface area contributed by atoms with Gasteiger partial charge in [0.05, 0.1) is 26.3 Å². The highest BCUT2D eigenvalue weighted by atomic mass is 32.1. The van der Waals surface area contributed by atoms with Crippen LogP contribution >= 0.6 is 11.3 Å². The smallest absolute Gasteiger partial charge is 0.271 e. The van der Waals surface area contributed by atoms with Gasteiger partial charge in [0.2, 0.25) is 0 Å². The number of aromatic nitrogens is 4. The summed E-state index contributed by atoms with van der Waals surface area (Å²) in [7, 11) is 3.22. The Morgan fingerprint density at radius 2 is 1.87 bits per heavy atom. The molecule has 0 fully saturated rings. The molecule has 4 rings (SSSR count). The molecule has 2 aromatic carbocycles. The lowest BCUT2D eigenvalue weighted by Crippen LogP contribution is -2.23. The van der Waals surface area contributed by atoms with Gasteiger partial charge in [0.1, 0.15) is 28.0 Å². The second-order valence-electron chi connectivity index (χ2n) is 6.26. The van der Waals surface area contributed by atoms with Crippen LogP contribution in [0.5, 0.6) is 11.5 Å². The maximum absolute atomic E-state index is 12.5. The predicted molar refractivity (Wildman–Crippen MR) is 114 cm³/mol. The molecule has 0 spiro atoms. The molecule has 2 aromatic heterocycles. The SMILES string of the molecule is COc1ccc(-c2n[nH]c(CNC(=O)c3csc(-c4ccccc4OC)n3)n2)cc1. The first-order valence-corrected chi connectivity index (χ1v) is 9.98. The maximum Gasteiger partial charge on any atom is 0.271 e. The number of aromatic amines is 1. The fourth-order valence-corrected chi connectivity index (χ4v) is 3.65. The van der Waals surface area contributed by atoms with Gasteiger partial charge in [0.25, 0.3) is 5.91 Å². The summed E-state index contributed by atoms with van der Waals surface area (Å²) < 4.78 is 10.5. The number of rotatable bonds is 7. The van der Waals surface area contributed by atoms with Crippen molar-refractivity contribution in [2.45, 2.75) is 6.54 Å². The number of amides is 1. The first-order chi connectivity index (χ1) is 14.7. The average molecular weight is 421 g/mol. The summed E-state index contributed by atoms with van der Waals surface area (Å²) in [5, 5.41) is 12.3. The molecule has 0 bridgehead atoms. The van der Waals surface area contributed by atoms with Crippen molar-refractivity contribution in [3.8, 4) is 33.5 Å². The topological polar surface area (TPSA) is 102 Å². The highest BCUT2D eigenvalue weighted by Gasteiger charge is 2.15. The third-order valence-electron chi connectivity index (χ3n) is 4.37. The van der Waals surface area contributed by atoms with Gasteiger partial charge in [0.15, 0.2) is 5.82 Å². The largest absolute Gasteiger partial charge is 0.497 e. The van der Waals surface area contributed by atoms with Crippen LogP contribution in [0, 0.1) is 0 Å². The number of nitrogens with zero attached hydrogens (tertiary/aromatic N) is 3.